The Morgan fingerprint density at radius 2 is 2.10 bits per heavy atom. The van der Waals surface area contributed by atoms with Crippen molar-refractivity contribution >= 4 is 23.7 Å². The number of hydrogen-bond acceptors (Lipinski definition) is 9. The number of nitrogens with zero attached hydrogens (tertiary/aromatic N) is 4. The summed E-state index contributed by atoms with van der Waals surface area (Å²) in [7, 11) is 1.46. The highest BCUT2D eigenvalue weighted by Crippen LogP contribution is 2.28. The first-order chi connectivity index (χ1) is 14.5. The highest BCUT2D eigenvalue weighted by atomic mass is 16.5. The largest absolute Gasteiger partial charge is 0.467 e. The van der Waals surface area contributed by atoms with Crippen molar-refractivity contribution in [1.29, 1.82) is 0 Å². The Hall–Kier alpha value is -3.60. The third-order valence-corrected chi connectivity index (χ3v) is 5.06. The average molecular weight is 411 g/mol. The number of benzene rings is 1. The molecule has 2 aromatic rings. The standard InChI is InChI=1S/C19H21N7O4/c1-30-19-23-14(7-20)22-18(25-19)21-8-10-2-3-12-11(6-10)9-26(17(12)29)13-4-5-15(27)24-16(13)28/h2-3,6,13H,4-5,7-9,20H2,1H3,(H,24,27,28)(H,21,22,23,25). The third-order valence-electron chi connectivity index (χ3n) is 5.06. The zero-order valence-corrected chi connectivity index (χ0v) is 16.3. The van der Waals surface area contributed by atoms with Gasteiger partial charge >= 0.3 is 6.01 Å². The Bertz CT molecular complexity index is 1000. The Balaban J connectivity index is 1.47. The summed E-state index contributed by atoms with van der Waals surface area (Å²) in [5, 5.41) is 5.40. The van der Waals surface area contributed by atoms with Crippen LogP contribution in [0.1, 0.15) is 40.2 Å². The third kappa shape index (κ3) is 3.79. The molecule has 2 aliphatic heterocycles. The molecule has 4 N–H and O–H groups in total. The number of ether oxygens (including phenoxy) is 1. The molecule has 156 valence electrons. The van der Waals surface area contributed by atoms with Crippen LogP contribution in [0.4, 0.5) is 5.95 Å². The summed E-state index contributed by atoms with van der Waals surface area (Å²) in [5.74, 6) is -0.183. The van der Waals surface area contributed by atoms with Crippen molar-refractivity contribution in [2.75, 3.05) is 12.4 Å². The number of rotatable bonds is 6. The fourth-order valence-corrected chi connectivity index (χ4v) is 3.58. The summed E-state index contributed by atoms with van der Waals surface area (Å²) in [6.07, 6.45) is 0.565. The van der Waals surface area contributed by atoms with Gasteiger partial charge in [0.2, 0.25) is 17.8 Å². The number of anilines is 1. The first-order valence-electron chi connectivity index (χ1n) is 9.48. The fraction of sp³-hybridized carbons (Fsp3) is 0.368. The van der Waals surface area contributed by atoms with Crippen LogP contribution in [0.15, 0.2) is 18.2 Å². The molecule has 11 heteroatoms. The van der Waals surface area contributed by atoms with Crippen LogP contribution in [0.2, 0.25) is 0 Å². The minimum Gasteiger partial charge on any atom is -0.467 e. The van der Waals surface area contributed by atoms with Gasteiger partial charge < -0.3 is 20.7 Å². The smallest absolute Gasteiger partial charge is 0.321 e. The van der Waals surface area contributed by atoms with Crippen LogP contribution in [0, 0.1) is 0 Å². The van der Waals surface area contributed by atoms with Crippen molar-refractivity contribution in [1.82, 2.24) is 25.2 Å². The van der Waals surface area contributed by atoms with Crippen LogP contribution in [-0.4, -0.2) is 50.7 Å². The van der Waals surface area contributed by atoms with E-state index in [1.807, 2.05) is 12.1 Å². The quantitative estimate of drug-likeness (QED) is 0.544. The Morgan fingerprint density at radius 3 is 2.83 bits per heavy atom. The van der Waals surface area contributed by atoms with Gasteiger partial charge in [-0.15, -0.1) is 0 Å². The zero-order valence-electron chi connectivity index (χ0n) is 16.3. The lowest BCUT2D eigenvalue weighted by atomic mass is 10.0. The van der Waals surface area contributed by atoms with E-state index in [0.29, 0.717) is 36.8 Å². The van der Waals surface area contributed by atoms with Crippen LogP contribution in [0.3, 0.4) is 0 Å². The molecule has 0 saturated carbocycles. The van der Waals surface area contributed by atoms with Crippen LogP contribution in [0.25, 0.3) is 0 Å². The number of nitrogens with two attached hydrogens (primary N) is 1. The van der Waals surface area contributed by atoms with E-state index in [1.165, 1.54) is 12.0 Å². The lowest BCUT2D eigenvalue weighted by Crippen LogP contribution is -2.52. The van der Waals surface area contributed by atoms with Crippen molar-refractivity contribution in [2.24, 2.45) is 5.73 Å². The molecule has 0 spiro atoms. The predicted octanol–water partition coefficient (Wildman–Crippen LogP) is -0.288. The topological polar surface area (TPSA) is 152 Å². The number of nitrogens with one attached hydrogen (secondary N) is 2. The molecule has 3 heterocycles. The average Bonchev–Trinajstić information content (AvgIpc) is 3.07. The molecule has 0 aliphatic carbocycles. The van der Waals surface area contributed by atoms with Gasteiger partial charge in [0.1, 0.15) is 6.04 Å². The zero-order chi connectivity index (χ0) is 21.3. The number of imide groups is 1. The second kappa shape index (κ2) is 8.03. The number of fused-ring (bicyclic) bond motifs is 1. The summed E-state index contributed by atoms with van der Waals surface area (Å²) in [4.78, 5) is 50.2. The number of aromatic nitrogens is 3. The Labute approximate surface area is 172 Å². The molecule has 0 radical (unpaired) electrons. The van der Waals surface area contributed by atoms with Crippen molar-refractivity contribution < 1.29 is 19.1 Å². The number of piperidine rings is 1. The monoisotopic (exact) mass is 411 g/mol. The van der Waals surface area contributed by atoms with Gasteiger partial charge in [-0.05, 0) is 23.6 Å². The molecule has 1 fully saturated rings. The minimum absolute atomic E-state index is 0.157. The summed E-state index contributed by atoms with van der Waals surface area (Å²) in [6, 6.07) is 5.04. The molecule has 30 heavy (non-hydrogen) atoms. The molecule has 0 bridgehead atoms. The van der Waals surface area contributed by atoms with E-state index < -0.39 is 11.9 Å². The maximum Gasteiger partial charge on any atom is 0.321 e. The number of hydrogen-bond donors (Lipinski definition) is 3. The molecule has 1 aromatic carbocycles. The van der Waals surface area contributed by atoms with E-state index in [4.69, 9.17) is 10.5 Å². The van der Waals surface area contributed by atoms with Gasteiger partial charge in [0.05, 0.1) is 13.7 Å². The van der Waals surface area contributed by atoms with Crippen molar-refractivity contribution in [2.45, 2.75) is 38.5 Å². The first kappa shape index (κ1) is 19.7. The second-order valence-electron chi connectivity index (χ2n) is 7.01. The molecule has 4 rings (SSSR count). The molecule has 11 nitrogen and oxygen atoms in total. The number of amides is 3. The van der Waals surface area contributed by atoms with E-state index in [1.54, 1.807) is 6.07 Å². The molecule has 1 saturated heterocycles. The molecule has 1 unspecified atom stereocenters. The molecular formula is C19H21N7O4. The SMILES string of the molecule is COc1nc(CN)nc(NCc2ccc3c(c2)CN(C2CCC(=O)NC2=O)C3=O)n1. The van der Waals surface area contributed by atoms with E-state index in [0.717, 1.165) is 11.1 Å². The normalized spacial score (nSPS) is 18.3. The number of methoxy groups -OCH3 is 1. The van der Waals surface area contributed by atoms with Gasteiger partial charge in [0.15, 0.2) is 5.82 Å². The Morgan fingerprint density at radius 1 is 1.27 bits per heavy atom. The van der Waals surface area contributed by atoms with Crippen LogP contribution < -0.4 is 21.1 Å². The van der Waals surface area contributed by atoms with Crippen molar-refractivity contribution in [3.8, 4) is 6.01 Å². The minimum atomic E-state index is -0.628. The van der Waals surface area contributed by atoms with Gasteiger partial charge in [-0.25, -0.2) is 0 Å². The molecule has 1 aromatic heterocycles. The Kier molecular flexibility index (Phi) is 5.27. The van der Waals surface area contributed by atoms with E-state index in [9.17, 15) is 14.4 Å². The fourth-order valence-electron chi connectivity index (χ4n) is 3.58. The summed E-state index contributed by atoms with van der Waals surface area (Å²) < 4.78 is 5.05. The lowest BCUT2D eigenvalue weighted by molar-refractivity contribution is -0.136. The molecule has 1 atom stereocenters. The van der Waals surface area contributed by atoms with Crippen molar-refractivity contribution in [3.05, 3.63) is 40.7 Å². The van der Waals surface area contributed by atoms with Gasteiger partial charge in [0, 0.05) is 25.1 Å². The maximum atomic E-state index is 12.7. The summed E-state index contributed by atoms with van der Waals surface area (Å²) in [6.45, 7) is 0.896. The lowest BCUT2D eigenvalue weighted by Gasteiger charge is -2.29. The summed E-state index contributed by atoms with van der Waals surface area (Å²) >= 11 is 0. The van der Waals surface area contributed by atoms with Gasteiger partial charge in [-0.1, -0.05) is 12.1 Å². The molecule has 2 aliphatic rings. The van der Waals surface area contributed by atoms with Gasteiger partial charge in [0.25, 0.3) is 5.91 Å². The van der Waals surface area contributed by atoms with E-state index in [-0.39, 0.29) is 30.8 Å². The first-order valence-corrected chi connectivity index (χ1v) is 9.48. The highest BCUT2D eigenvalue weighted by Gasteiger charge is 2.39. The van der Waals surface area contributed by atoms with Crippen LogP contribution >= 0.6 is 0 Å². The second-order valence-corrected chi connectivity index (χ2v) is 7.01. The predicted molar refractivity (Wildman–Crippen MR) is 104 cm³/mol. The van der Waals surface area contributed by atoms with E-state index in [2.05, 4.69) is 25.6 Å². The molecular weight excluding hydrogens is 390 g/mol. The van der Waals surface area contributed by atoms with Gasteiger partial charge in [-0.2, -0.15) is 15.0 Å². The van der Waals surface area contributed by atoms with Crippen LogP contribution in [0.5, 0.6) is 6.01 Å². The number of carbonyl (C=O) groups is 3. The molecule has 3 amide bonds. The summed E-state index contributed by atoms with van der Waals surface area (Å²) in [5.41, 5.74) is 7.91. The highest BCUT2D eigenvalue weighted by molar-refractivity contribution is 6.05. The van der Waals surface area contributed by atoms with Crippen LogP contribution in [-0.2, 0) is 29.2 Å². The van der Waals surface area contributed by atoms with E-state index >= 15 is 0 Å². The van der Waals surface area contributed by atoms with Crippen molar-refractivity contribution in [3.63, 3.8) is 0 Å². The van der Waals surface area contributed by atoms with Gasteiger partial charge in [-0.3, -0.25) is 19.7 Å². The maximum absolute atomic E-state index is 12.7. The number of carbonyl (C=O) groups excluding carboxylic acids is 3.